The van der Waals surface area contributed by atoms with Gasteiger partial charge < -0.3 is 14.8 Å². The van der Waals surface area contributed by atoms with E-state index in [-0.39, 0.29) is 5.56 Å². The van der Waals surface area contributed by atoms with Gasteiger partial charge in [0, 0.05) is 37.0 Å². The average molecular weight is 343 g/mol. The van der Waals surface area contributed by atoms with Gasteiger partial charge in [-0.1, -0.05) is 5.16 Å². The number of pyridine rings is 1. The summed E-state index contributed by atoms with van der Waals surface area (Å²) in [4.78, 5) is 24.0. The quantitative estimate of drug-likeness (QED) is 0.747. The van der Waals surface area contributed by atoms with Gasteiger partial charge in [0.15, 0.2) is 0 Å². The number of aryl methyl sites for hydroxylation is 3. The molecule has 0 aromatic carbocycles. The van der Waals surface area contributed by atoms with E-state index in [1.54, 1.807) is 11.3 Å². The van der Waals surface area contributed by atoms with Crippen molar-refractivity contribution in [3.63, 3.8) is 0 Å². The van der Waals surface area contributed by atoms with Crippen LogP contribution in [0, 0.1) is 6.92 Å². The summed E-state index contributed by atoms with van der Waals surface area (Å²) in [6, 6.07) is 1.86. The van der Waals surface area contributed by atoms with Crippen LogP contribution in [0.5, 0.6) is 0 Å². The zero-order chi connectivity index (χ0) is 16.5. The molecule has 1 aliphatic heterocycles. The van der Waals surface area contributed by atoms with Crippen LogP contribution in [0.1, 0.15) is 27.8 Å². The number of H-pyrrole nitrogens is 1. The van der Waals surface area contributed by atoms with Gasteiger partial charge in [-0.05, 0) is 25.0 Å². The lowest BCUT2D eigenvalue weighted by molar-refractivity contribution is 0.378. The van der Waals surface area contributed by atoms with Gasteiger partial charge >= 0.3 is 0 Å². The molecule has 24 heavy (non-hydrogen) atoms. The highest BCUT2D eigenvalue weighted by Gasteiger charge is 2.17. The first-order valence-electron chi connectivity index (χ1n) is 7.89. The molecule has 0 aliphatic carbocycles. The molecule has 124 valence electrons. The van der Waals surface area contributed by atoms with Gasteiger partial charge in [-0.25, -0.2) is 4.98 Å². The monoisotopic (exact) mass is 343 g/mol. The topological polar surface area (TPSA) is 96.7 Å². The smallest absolute Gasteiger partial charge is 0.259 e. The number of thiazole rings is 1. The van der Waals surface area contributed by atoms with Gasteiger partial charge in [0.25, 0.3) is 5.56 Å². The largest absolute Gasteiger partial charge is 0.339 e. The maximum absolute atomic E-state index is 12.3. The SMILES string of the molecule is Cc1nc(CCc2nc(-c3cc4c([nH]c3=O)CCNC4)no2)cs1. The molecule has 7 nitrogen and oxygen atoms in total. The van der Waals surface area contributed by atoms with E-state index in [1.165, 1.54) is 0 Å². The van der Waals surface area contributed by atoms with E-state index in [0.717, 1.165) is 47.9 Å². The second-order valence-electron chi connectivity index (χ2n) is 5.81. The maximum Gasteiger partial charge on any atom is 0.259 e. The van der Waals surface area contributed by atoms with Crippen molar-refractivity contribution < 1.29 is 4.52 Å². The second kappa shape index (κ2) is 6.29. The molecule has 0 amide bonds. The number of aromatic amines is 1. The van der Waals surface area contributed by atoms with Gasteiger partial charge in [-0.2, -0.15) is 4.98 Å². The summed E-state index contributed by atoms with van der Waals surface area (Å²) in [5.41, 5.74) is 3.38. The minimum atomic E-state index is -0.168. The first kappa shape index (κ1) is 15.2. The second-order valence-corrected chi connectivity index (χ2v) is 6.87. The number of aromatic nitrogens is 4. The number of rotatable bonds is 4. The van der Waals surface area contributed by atoms with Crippen LogP contribution >= 0.6 is 11.3 Å². The highest BCUT2D eigenvalue weighted by molar-refractivity contribution is 7.09. The minimum Gasteiger partial charge on any atom is -0.339 e. The third-order valence-electron chi connectivity index (χ3n) is 4.05. The Morgan fingerprint density at radius 3 is 3.08 bits per heavy atom. The first-order chi connectivity index (χ1) is 11.7. The molecule has 3 aromatic rings. The molecule has 0 saturated heterocycles. The van der Waals surface area contributed by atoms with Crippen molar-refractivity contribution >= 4 is 11.3 Å². The van der Waals surface area contributed by atoms with Crippen molar-refractivity contribution in [2.45, 2.75) is 32.7 Å². The van der Waals surface area contributed by atoms with Gasteiger partial charge in [0.2, 0.25) is 11.7 Å². The summed E-state index contributed by atoms with van der Waals surface area (Å²) >= 11 is 1.63. The normalized spacial score (nSPS) is 13.9. The summed E-state index contributed by atoms with van der Waals surface area (Å²) in [6.45, 7) is 3.61. The lowest BCUT2D eigenvalue weighted by atomic mass is 10.0. The molecule has 0 bridgehead atoms. The Balaban J connectivity index is 1.55. The predicted octanol–water partition coefficient (Wildman–Crippen LogP) is 1.62. The zero-order valence-electron chi connectivity index (χ0n) is 13.3. The molecule has 8 heteroatoms. The Bertz CT molecular complexity index is 927. The van der Waals surface area contributed by atoms with Crippen molar-refractivity contribution in [1.82, 2.24) is 25.4 Å². The van der Waals surface area contributed by atoms with Crippen LogP contribution in [0.2, 0.25) is 0 Å². The summed E-state index contributed by atoms with van der Waals surface area (Å²) in [5, 5.41) is 10.3. The van der Waals surface area contributed by atoms with Gasteiger partial charge in [-0.15, -0.1) is 11.3 Å². The van der Waals surface area contributed by atoms with Crippen LogP contribution in [0.3, 0.4) is 0 Å². The number of hydrogen-bond donors (Lipinski definition) is 2. The Morgan fingerprint density at radius 2 is 2.25 bits per heavy atom. The van der Waals surface area contributed by atoms with Crippen molar-refractivity contribution in [2.24, 2.45) is 0 Å². The molecule has 0 spiro atoms. The number of fused-ring (bicyclic) bond motifs is 1. The standard InChI is InChI=1S/C16H17N5O2S/c1-9-18-11(8-24-9)2-3-14-20-15(21-23-14)12-6-10-7-17-5-4-13(10)19-16(12)22/h6,8,17H,2-5,7H2,1H3,(H,19,22). The van der Waals surface area contributed by atoms with E-state index in [2.05, 4.69) is 25.4 Å². The predicted molar refractivity (Wildman–Crippen MR) is 90.0 cm³/mol. The third-order valence-corrected chi connectivity index (χ3v) is 4.88. The number of nitrogens with one attached hydrogen (secondary N) is 2. The molecule has 0 atom stereocenters. The Labute approximate surface area is 142 Å². The summed E-state index contributed by atoms with van der Waals surface area (Å²) in [7, 11) is 0. The van der Waals surface area contributed by atoms with Gasteiger partial charge in [-0.3, -0.25) is 4.79 Å². The molecule has 0 unspecified atom stereocenters. The van der Waals surface area contributed by atoms with E-state index in [0.29, 0.717) is 23.7 Å². The molecular formula is C16H17N5O2S. The molecule has 4 rings (SSSR count). The van der Waals surface area contributed by atoms with Crippen LogP contribution < -0.4 is 10.9 Å². The maximum atomic E-state index is 12.3. The molecule has 0 saturated carbocycles. The lowest BCUT2D eigenvalue weighted by Gasteiger charge is -2.16. The van der Waals surface area contributed by atoms with E-state index >= 15 is 0 Å². The number of hydrogen-bond acceptors (Lipinski definition) is 7. The van der Waals surface area contributed by atoms with Crippen LogP contribution in [-0.4, -0.2) is 26.7 Å². The molecule has 2 N–H and O–H groups in total. The minimum absolute atomic E-state index is 0.168. The van der Waals surface area contributed by atoms with E-state index in [1.807, 2.05) is 18.4 Å². The first-order valence-corrected chi connectivity index (χ1v) is 8.77. The Kier molecular flexibility index (Phi) is 3.99. The van der Waals surface area contributed by atoms with Gasteiger partial charge in [0.05, 0.1) is 16.3 Å². The fourth-order valence-electron chi connectivity index (χ4n) is 2.82. The molecule has 0 fully saturated rings. The average Bonchev–Trinajstić information content (AvgIpc) is 3.21. The highest BCUT2D eigenvalue weighted by atomic mass is 32.1. The van der Waals surface area contributed by atoms with Crippen LogP contribution in [0.25, 0.3) is 11.4 Å². The van der Waals surface area contributed by atoms with Crippen molar-refractivity contribution in [2.75, 3.05) is 6.54 Å². The van der Waals surface area contributed by atoms with Crippen LogP contribution in [0.15, 0.2) is 20.8 Å². The fourth-order valence-corrected chi connectivity index (χ4v) is 3.47. The fraction of sp³-hybridized carbons (Fsp3) is 0.375. The van der Waals surface area contributed by atoms with Crippen LogP contribution in [-0.2, 0) is 25.8 Å². The molecular weight excluding hydrogens is 326 g/mol. The summed E-state index contributed by atoms with van der Waals surface area (Å²) < 4.78 is 5.29. The Morgan fingerprint density at radius 1 is 1.33 bits per heavy atom. The summed E-state index contributed by atoms with van der Waals surface area (Å²) in [5.74, 6) is 0.861. The van der Waals surface area contributed by atoms with Crippen molar-refractivity contribution in [3.8, 4) is 11.4 Å². The van der Waals surface area contributed by atoms with Crippen molar-refractivity contribution in [1.29, 1.82) is 0 Å². The molecule has 0 radical (unpaired) electrons. The zero-order valence-corrected chi connectivity index (χ0v) is 14.1. The van der Waals surface area contributed by atoms with E-state index in [4.69, 9.17) is 4.52 Å². The lowest BCUT2D eigenvalue weighted by Crippen LogP contribution is -2.27. The third kappa shape index (κ3) is 3.02. The van der Waals surface area contributed by atoms with E-state index in [9.17, 15) is 4.79 Å². The van der Waals surface area contributed by atoms with Crippen molar-refractivity contribution in [3.05, 3.63) is 49.6 Å². The van der Waals surface area contributed by atoms with Gasteiger partial charge in [0.1, 0.15) is 0 Å². The van der Waals surface area contributed by atoms with E-state index < -0.39 is 0 Å². The Hall–Kier alpha value is -2.32. The number of nitrogens with zero attached hydrogens (tertiary/aromatic N) is 3. The van der Waals surface area contributed by atoms with Crippen LogP contribution in [0.4, 0.5) is 0 Å². The molecule has 4 heterocycles. The molecule has 3 aromatic heterocycles. The summed E-state index contributed by atoms with van der Waals surface area (Å²) in [6.07, 6.45) is 2.19. The highest BCUT2D eigenvalue weighted by Crippen LogP contribution is 2.18. The molecule has 1 aliphatic rings.